The van der Waals surface area contributed by atoms with Gasteiger partial charge in [0.25, 0.3) is 5.91 Å². The number of hydrogen-bond donors (Lipinski definition) is 1. The van der Waals surface area contributed by atoms with Crippen molar-refractivity contribution in [1.82, 2.24) is 9.88 Å². The highest BCUT2D eigenvalue weighted by Crippen LogP contribution is 2.33. The molecule has 4 heteroatoms. The fourth-order valence-electron chi connectivity index (χ4n) is 3.26. The van der Waals surface area contributed by atoms with Gasteiger partial charge in [-0.2, -0.15) is 0 Å². The van der Waals surface area contributed by atoms with Gasteiger partial charge < -0.3 is 10.0 Å². The van der Waals surface area contributed by atoms with Crippen LogP contribution in [0.25, 0.3) is 0 Å². The first-order valence-electron chi connectivity index (χ1n) is 7.63. The lowest BCUT2D eigenvalue weighted by Crippen LogP contribution is -2.51. The third-order valence-electron chi connectivity index (χ3n) is 4.40. The first-order chi connectivity index (χ1) is 10.7. The fraction of sp³-hybridized carbons (Fsp3) is 0.333. The molecule has 3 rings (SSSR count). The van der Waals surface area contributed by atoms with E-state index in [2.05, 4.69) is 4.98 Å². The Kier molecular flexibility index (Phi) is 4.20. The largest absolute Gasteiger partial charge is 0.394 e. The van der Waals surface area contributed by atoms with Crippen LogP contribution in [0, 0.1) is 0 Å². The van der Waals surface area contributed by atoms with Crippen LogP contribution in [0.3, 0.4) is 0 Å². The van der Waals surface area contributed by atoms with E-state index in [-0.39, 0.29) is 12.5 Å². The SMILES string of the molecule is O=C(c1ccccn1)N1CCC[C@]1(CO)Cc1ccccc1. The fourth-order valence-corrected chi connectivity index (χ4v) is 3.26. The van der Waals surface area contributed by atoms with E-state index in [9.17, 15) is 9.90 Å². The quantitative estimate of drug-likeness (QED) is 0.942. The molecule has 4 nitrogen and oxygen atoms in total. The zero-order chi connectivity index (χ0) is 15.4. The van der Waals surface area contributed by atoms with Crippen molar-refractivity contribution in [2.24, 2.45) is 0 Å². The summed E-state index contributed by atoms with van der Waals surface area (Å²) in [6, 6.07) is 15.4. The smallest absolute Gasteiger partial charge is 0.272 e. The molecule has 1 aliphatic heterocycles. The molecule has 1 aromatic carbocycles. The lowest BCUT2D eigenvalue weighted by molar-refractivity contribution is 0.0407. The van der Waals surface area contributed by atoms with Crippen LogP contribution >= 0.6 is 0 Å². The average Bonchev–Trinajstić information content (AvgIpc) is 3.00. The molecular weight excluding hydrogens is 276 g/mol. The Morgan fingerprint density at radius 3 is 2.64 bits per heavy atom. The van der Waals surface area contributed by atoms with Gasteiger partial charge in [0.2, 0.25) is 0 Å². The first kappa shape index (κ1) is 14.7. The number of rotatable bonds is 4. The maximum absolute atomic E-state index is 12.8. The number of aliphatic hydroxyl groups excluding tert-OH is 1. The van der Waals surface area contributed by atoms with Crippen molar-refractivity contribution >= 4 is 5.91 Å². The van der Waals surface area contributed by atoms with E-state index in [4.69, 9.17) is 0 Å². The highest BCUT2D eigenvalue weighted by Gasteiger charge is 2.43. The van der Waals surface area contributed by atoms with Gasteiger partial charge in [-0.3, -0.25) is 9.78 Å². The van der Waals surface area contributed by atoms with Crippen molar-refractivity contribution < 1.29 is 9.90 Å². The van der Waals surface area contributed by atoms with E-state index in [1.54, 1.807) is 18.3 Å². The van der Waals surface area contributed by atoms with Crippen LogP contribution in [0.1, 0.15) is 28.9 Å². The highest BCUT2D eigenvalue weighted by molar-refractivity contribution is 5.93. The van der Waals surface area contributed by atoms with Crippen LogP contribution in [0.5, 0.6) is 0 Å². The molecule has 1 fully saturated rings. The van der Waals surface area contributed by atoms with Gasteiger partial charge in [0.15, 0.2) is 0 Å². The Bertz CT molecular complexity index is 630. The molecule has 0 bridgehead atoms. The van der Waals surface area contributed by atoms with Crippen molar-refractivity contribution in [3.63, 3.8) is 0 Å². The summed E-state index contributed by atoms with van der Waals surface area (Å²) in [5.41, 5.74) is 1.06. The molecule has 1 aliphatic rings. The van der Waals surface area contributed by atoms with E-state index in [1.807, 2.05) is 41.3 Å². The molecule has 2 heterocycles. The molecule has 0 spiro atoms. The zero-order valence-electron chi connectivity index (χ0n) is 12.5. The normalized spacial score (nSPS) is 21.0. The van der Waals surface area contributed by atoms with E-state index in [0.29, 0.717) is 18.7 Å². The lowest BCUT2D eigenvalue weighted by Gasteiger charge is -2.37. The summed E-state index contributed by atoms with van der Waals surface area (Å²) in [6.07, 6.45) is 4.02. The number of amides is 1. The molecule has 0 saturated carbocycles. The number of nitrogens with zero attached hydrogens (tertiary/aromatic N) is 2. The number of pyridine rings is 1. The molecule has 1 saturated heterocycles. The second-order valence-corrected chi connectivity index (χ2v) is 5.82. The number of aliphatic hydroxyl groups is 1. The van der Waals surface area contributed by atoms with Crippen LogP contribution in [0.4, 0.5) is 0 Å². The lowest BCUT2D eigenvalue weighted by atomic mass is 9.88. The van der Waals surface area contributed by atoms with Crippen molar-refractivity contribution in [3.05, 3.63) is 66.0 Å². The Morgan fingerprint density at radius 2 is 1.95 bits per heavy atom. The first-order valence-corrected chi connectivity index (χ1v) is 7.63. The second-order valence-electron chi connectivity index (χ2n) is 5.82. The van der Waals surface area contributed by atoms with Gasteiger partial charge in [0.05, 0.1) is 12.1 Å². The summed E-state index contributed by atoms with van der Waals surface area (Å²) in [4.78, 5) is 18.7. The number of benzene rings is 1. The minimum atomic E-state index is -0.518. The van der Waals surface area contributed by atoms with Gasteiger partial charge >= 0.3 is 0 Å². The molecule has 0 unspecified atom stereocenters. The topological polar surface area (TPSA) is 53.4 Å². The predicted molar refractivity (Wildman–Crippen MR) is 84.5 cm³/mol. The molecule has 1 amide bonds. The van der Waals surface area contributed by atoms with Crippen molar-refractivity contribution in [3.8, 4) is 0 Å². The van der Waals surface area contributed by atoms with Gasteiger partial charge in [-0.15, -0.1) is 0 Å². The molecule has 22 heavy (non-hydrogen) atoms. The summed E-state index contributed by atoms with van der Waals surface area (Å²) in [5, 5.41) is 10.0. The van der Waals surface area contributed by atoms with Crippen LogP contribution < -0.4 is 0 Å². The third kappa shape index (κ3) is 2.74. The molecular formula is C18H20N2O2. The van der Waals surface area contributed by atoms with Crippen molar-refractivity contribution in [1.29, 1.82) is 0 Å². The molecule has 1 N–H and O–H groups in total. The molecule has 0 radical (unpaired) electrons. The van der Waals surface area contributed by atoms with Crippen molar-refractivity contribution in [2.45, 2.75) is 24.8 Å². The summed E-state index contributed by atoms with van der Waals surface area (Å²) in [5.74, 6) is -0.0944. The Hall–Kier alpha value is -2.20. The summed E-state index contributed by atoms with van der Waals surface area (Å²) < 4.78 is 0. The van der Waals surface area contributed by atoms with E-state index >= 15 is 0 Å². The van der Waals surface area contributed by atoms with Crippen LogP contribution in [0.2, 0.25) is 0 Å². The second kappa shape index (κ2) is 6.28. The molecule has 1 atom stereocenters. The van der Waals surface area contributed by atoms with Crippen LogP contribution in [0.15, 0.2) is 54.7 Å². The third-order valence-corrected chi connectivity index (χ3v) is 4.40. The summed E-state index contributed by atoms with van der Waals surface area (Å²) in [6.45, 7) is 0.642. The maximum atomic E-state index is 12.8. The Labute approximate surface area is 130 Å². The van der Waals surface area contributed by atoms with Crippen LogP contribution in [-0.2, 0) is 6.42 Å². The van der Waals surface area contributed by atoms with Crippen LogP contribution in [-0.4, -0.2) is 39.6 Å². The van der Waals surface area contributed by atoms with Gasteiger partial charge in [0, 0.05) is 12.7 Å². The molecule has 0 aliphatic carbocycles. The molecule has 2 aromatic rings. The highest BCUT2D eigenvalue weighted by atomic mass is 16.3. The van der Waals surface area contributed by atoms with Gasteiger partial charge in [-0.05, 0) is 37.0 Å². The Balaban J connectivity index is 1.88. The van der Waals surface area contributed by atoms with Gasteiger partial charge in [0.1, 0.15) is 5.69 Å². The van der Waals surface area contributed by atoms with E-state index < -0.39 is 5.54 Å². The minimum absolute atomic E-state index is 0.0273. The maximum Gasteiger partial charge on any atom is 0.272 e. The zero-order valence-corrected chi connectivity index (χ0v) is 12.5. The molecule has 114 valence electrons. The number of hydrogen-bond acceptors (Lipinski definition) is 3. The Morgan fingerprint density at radius 1 is 1.18 bits per heavy atom. The summed E-state index contributed by atoms with van der Waals surface area (Å²) in [7, 11) is 0. The summed E-state index contributed by atoms with van der Waals surface area (Å²) >= 11 is 0. The number of likely N-dealkylation sites (tertiary alicyclic amines) is 1. The van der Waals surface area contributed by atoms with Crippen molar-refractivity contribution in [2.75, 3.05) is 13.2 Å². The number of aromatic nitrogens is 1. The van der Waals surface area contributed by atoms with E-state index in [0.717, 1.165) is 18.4 Å². The number of carbonyl (C=O) groups is 1. The standard InChI is InChI=1S/C18H20N2O2/c21-14-18(13-15-7-2-1-3-8-15)10-6-12-20(18)17(22)16-9-4-5-11-19-16/h1-5,7-9,11,21H,6,10,12-14H2/t18-/m1/s1. The predicted octanol–water partition coefficient (Wildman–Crippen LogP) is 2.29. The van der Waals surface area contributed by atoms with Gasteiger partial charge in [-0.25, -0.2) is 0 Å². The molecule has 1 aromatic heterocycles. The average molecular weight is 296 g/mol. The number of carbonyl (C=O) groups excluding carboxylic acids is 1. The van der Waals surface area contributed by atoms with Gasteiger partial charge in [-0.1, -0.05) is 36.4 Å². The van der Waals surface area contributed by atoms with E-state index in [1.165, 1.54) is 0 Å². The monoisotopic (exact) mass is 296 g/mol. The minimum Gasteiger partial charge on any atom is -0.394 e.